The van der Waals surface area contributed by atoms with Crippen molar-refractivity contribution in [2.75, 3.05) is 18.1 Å². The van der Waals surface area contributed by atoms with Crippen molar-refractivity contribution in [3.8, 4) is 0 Å². The fraction of sp³-hybridized carbons (Fsp3) is 0.500. The van der Waals surface area contributed by atoms with Crippen molar-refractivity contribution in [3.05, 3.63) is 6.33 Å². The molecule has 0 radical (unpaired) electrons. The normalized spacial score (nSPS) is 22.5. The zero-order valence-corrected chi connectivity index (χ0v) is 12.3. The lowest BCUT2D eigenvalue weighted by atomic mass is 10.2. The van der Waals surface area contributed by atoms with E-state index in [1.54, 1.807) is 4.57 Å². The Morgan fingerprint density at radius 3 is 2.91 bits per heavy atom. The summed E-state index contributed by atoms with van der Waals surface area (Å²) >= 11 is 0. The molecular formula is C10H15N6O5P. The van der Waals surface area contributed by atoms with E-state index in [0.29, 0.717) is 24.0 Å². The maximum atomic E-state index is 10.7. The molecule has 2 atom stereocenters. The van der Waals surface area contributed by atoms with Crippen molar-refractivity contribution in [2.45, 2.75) is 25.2 Å². The Hall–Kier alpha value is -1.78. The summed E-state index contributed by atoms with van der Waals surface area (Å²) in [6.07, 6.45) is 1.91. The smallest absolute Gasteiger partial charge is 0.382 e. The van der Waals surface area contributed by atoms with Gasteiger partial charge in [-0.15, -0.1) is 0 Å². The molecule has 2 aromatic rings. The first-order valence-corrected chi connectivity index (χ1v) is 7.97. The van der Waals surface area contributed by atoms with E-state index in [1.165, 1.54) is 6.33 Å². The number of nitrogens with zero attached hydrogens (tertiary/aromatic N) is 4. The molecule has 1 fully saturated rings. The monoisotopic (exact) mass is 330 g/mol. The van der Waals surface area contributed by atoms with E-state index in [9.17, 15) is 4.57 Å². The average Bonchev–Trinajstić information content (AvgIpc) is 3.01. The highest BCUT2D eigenvalue weighted by molar-refractivity contribution is 7.46. The van der Waals surface area contributed by atoms with E-state index < -0.39 is 13.9 Å². The molecule has 11 nitrogen and oxygen atoms in total. The van der Waals surface area contributed by atoms with Crippen LogP contribution in [0.15, 0.2) is 6.33 Å². The summed E-state index contributed by atoms with van der Waals surface area (Å²) in [6.45, 7) is -0.188. The second kappa shape index (κ2) is 5.45. The van der Waals surface area contributed by atoms with Crippen molar-refractivity contribution in [1.29, 1.82) is 0 Å². The van der Waals surface area contributed by atoms with Gasteiger partial charge in [-0.3, -0.25) is 9.09 Å². The van der Waals surface area contributed by atoms with Crippen molar-refractivity contribution < 1.29 is 23.6 Å². The third-order valence-electron chi connectivity index (χ3n) is 3.29. The SMILES string of the molecule is Nc1nc(N)c2ncn(C3CCC(COP(=O)(O)O)O3)c2n1. The number of ether oxygens (including phenoxy) is 1. The standard InChI is InChI=1S/C10H15N6O5P/c11-8-7-9(15-10(12)14-8)16(4-13-7)6-2-1-5(21-6)3-20-22(17,18)19/h4-6H,1-3H2,(H2,17,18,19)(H4,11,12,14,15). The Morgan fingerprint density at radius 2 is 2.18 bits per heavy atom. The summed E-state index contributed by atoms with van der Waals surface area (Å²) in [5.74, 6) is 0.215. The van der Waals surface area contributed by atoms with E-state index in [4.69, 9.17) is 26.0 Å². The van der Waals surface area contributed by atoms with Gasteiger partial charge >= 0.3 is 7.82 Å². The summed E-state index contributed by atoms with van der Waals surface area (Å²) in [4.78, 5) is 29.5. The van der Waals surface area contributed by atoms with Crippen LogP contribution in [0, 0.1) is 0 Å². The third-order valence-corrected chi connectivity index (χ3v) is 3.78. The van der Waals surface area contributed by atoms with Gasteiger partial charge in [0.15, 0.2) is 11.5 Å². The minimum Gasteiger partial charge on any atom is -0.382 e. The zero-order chi connectivity index (χ0) is 15.9. The number of rotatable bonds is 4. The topological polar surface area (TPSA) is 172 Å². The van der Waals surface area contributed by atoms with Gasteiger partial charge in [0.25, 0.3) is 0 Å². The van der Waals surface area contributed by atoms with Crippen molar-refractivity contribution in [1.82, 2.24) is 19.5 Å². The molecule has 2 aromatic heterocycles. The number of phosphoric ester groups is 1. The minimum atomic E-state index is -4.50. The van der Waals surface area contributed by atoms with Crippen LogP contribution < -0.4 is 11.5 Å². The first-order valence-electron chi connectivity index (χ1n) is 6.44. The number of hydrogen-bond acceptors (Lipinski definition) is 8. The lowest BCUT2D eigenvalue weighted by Gasteiger charge is -2.15. The first kappa shape index (κ1) is 15.1. The van der Waals surface area contributed by atoms with E-state index in [0.717, 1.165) is 0 Å². The van der Waals surface area contributed by atoms with Gasteiger partial charge in [0.2, 0.25) is 5.95 Å². The van der Waals surface area contributed by atoms with Crippen molar-refractivity contribution in [2.24, 2.45) is 0 Å². The molecule has 3 rings (SSSR count). The molecule has 0 aromatic carbocycles. The molecule has 12 heteroatoms. The molecule has 1 saturated heterocycles. The van der Waals surface area contributed by atoms with Gasteiger partial charge in [-0.05, 0) is 12.8 Å². The van der Waals surface area contributed by atoms with E-state index in [2.05, 4.69) is 19.5 Å². The molecule has 22 heavy (non-hydrogen) atoms. The Bertz CT molecular complexity index is 745. The zero-order valence-electron chi connectivity index (χ0n) is 11.4. The summed E-state index contributed by atoms with van der Waals surface area (Å²) in [6, 6.07) is 0. The van der Waals surface area contributed by atoms with E-state index >= 15 is 0 Å². The number of imidazole rings is 1. The van der Waals surface area contributed by atoms with Crippen molar-refractivity contribution in [3.63, 3.8) is 0 Å². The first-order chi connectivity index (χ1) is 10.3. The number of phosphoric acid groups is 1. The lowest BCUT2D eigenvalue weighted by molar-refractivity contribution is -0.0205. The van der Waals surface area contributed by atoms with Crippen LogP contribution in [-0.2, 0) is 13.8 Å². The molecule has 0 bridgehead atoms. The molecule has 0 aliphatic carbocycles. The second-order valence-electron chi connectivity index (χ2n) is 4.87. The van der Waals surface area contributed by atoms with Gasteiger partial charge in [-0.2, -0.15) is 9.97 Å². The Labute approximate surface area is 124 Å². The number of fused-ring (bicyclic) bond motifs is 1. The van der Waals surface area contributed by atoms with Crippen LogP contribution in [0.4, 0.5) is 11.8 Å². The molecule has 1 aliphatic heterocycles. The van der Waals surface area contributed by atoms with Crippen molar-refractivity contribution >= 4 is 30.8 Å². The molecule has 3 heterocycles. The Kier molecular flexibility index (Phi) is 3.75. The number of nitrogen functional groups attached to an aromatic ring is 2. The van der Waals surface area contributed by atoms with Gasteiger partial charge in [0, 0.05) is 0 Å². The van der Waals surface area contributed by atoms with E-state index in [1.807, 2.05) is 0 Å². The lowest BCUT2D eigenvalue weighted by Crippen LogP contribution is -2.16. The number of anilines is 2. The van der Waals surface area contributed by atoms with E-state index in [-0.39, 0.29) is 24.6 Å². The molecule has 0 saturated carbocycles. The fourth-order valence-electron chi connectivity index (χ4n) is 2.36. The van der Waals surface area contributed by atoms with Crippen LogP contribution in [0.3, 0.4) is 0 Å². The van der Waals surface area contributed by atoms with Gasteiger partial charge in [0.05, 0.1) is 19.0 Å². The quantitative estimate of drug-likeness (QED) is 0.549. The highest BCUT2D eigenvalue weighted by atomic mass is 31.2. The Morgan fingerprint density at radius 1 is 1.41 bits per heavy atom. The van der Waals surface area contributed by atoms with Gasteiger partial charge in [-0.1, -0.05) is 0 Å². The maximum Gasteiger partial charge on any atom is 0.469 e. The van der Waals surface area contributed by atoms with Crippen LogP contribution in [0.25, 0.3) is 11.2 Å². The van der Waals surface area contributed by atoms with Gasteiger partial charge < -0.3 is 26.0 Å². The van der Waals surface area contributed by atoms with Crippen LogP contribution >= 0.6 is 7.82 Å². The highest BCUT2D eigenvalue weighted by Crippen LogP contribution is 2.38. The summed E-state index contributed by atoms with van der Waals surface area (Å²) in [5.41, 5.74) is 12.2. The number of hydrogen-bond donors (Lipinski definition) is 4. The predicted molar refractivity (Wildman–Crippen MR) is 75.3 cm³/mol. The third kappa shape index (κ3) is 3.03. The second-order valence-corrected chi connectivity index (χ2v) is 6.11. The molecule has 0 spiro atoms. The van der Waals surface area contributed by atoms with Crippen LogP contribution in [0.5, 0.6) is 0 Å². The largest absolute Gasteiger partial charge is 0.469 e. The minimum absolute atomic E-state index is 0.0335. The van der Waals surface area contributed by atoms with Crippen LogP contribution in [0.1, 0.15) is 19.1 Å². The van der Waals surface area contributed by atoms with Gasteiger partial charge in [0.1, 0.15) is 11.7 Å². The number of aromatic nitrogens is 4. The molecule has 2 unspecified atom stereocenters. The average molecular weight is 330 g/mol. The van der Waals surface area contributed by atoms with Crippen LogP contribution in [-0.4, -0.2) is 42.0 Å². The maximum absolute atomic E-state index is 10.7. The predicted octanol–water partition coefficient (Wildman–Crippen LogP) is -0.222. The molecule has 6 N–H and O–H groups in total. The molecule has 0 amide bonds. The molecule has 120 valence electrons. The van der Waals surface area contributed by atoms with Crippen LogP contribution in [0.2, 0.25) is 0 Å². The molecular weight excluding hydrogens is 315 g/mol. The number of nitrogens with two attached hydrogens (primary N) is 2. The summed E-state index contributed by atoms with van der Waals surface area (Å²) < 4.78 is 22.5. The highest BCUT2D eigenvalue weighted by Gasteiger charge is 2.30. The molecule has 1 aliphatic rings. The summed E-state index contributed by atoms with van der Waals surface area (Å²) in [5, 5.41) is 0. The summed E-state index contributed by atoms with van der Waals surface area (Å²) in [7, 11) is -4.50. The Balaban J connectivity index is 1.77. The van der Waals surface area contributed by atoms with Gasteiger partial charge in [-0.25, -0.2) is 9.55 Å². The fourth-order valence-corrected chi connectivity index (χ4v) is 2.72.